The molecule has 0 aliphatic carbocycles. The highest BCUT2D eigenvalue weighted by Crippen LogP contribution is 2.42. The SMILES string of the molecule is COc1ccccc1C(=O)/C(C#N)=C/c1cc(OC)c2c(c1)OCO2. The van der Waals surface area contributed by atoms with Crippen LogP contribution >= 0.6 is 0 Å². The molecule has 0 saturated carbocycles. The predicted molar refractivity (Wildman–Crippen MR) is 90.0 cm³/mol. The number of hydrogen-bond donors (Lipinski definition) is 0. The zero-order valence-electron chi connectivity index (χ0n) is 13.7. The molecule has 6 nitrogen and oxygen atoms in total. The molecule has 1 aliphatic heterocycles. The lowest BCUT2D eigenvalue weighted by Gasteiger charge is -2.08. The first-order valence-electron chi connectivity index (χ1n) is 7.45. The van der Waals surface area contributed by atoms with Crippen LogP contribution < -0.4 is 18.9 Å². The molecule has 126 valence electrons. The number of nitriles is 1. The maximum Gasteiger partial charge on any atom is 0.231 e. The quantitative estimate of drug-likeness (QED) is 0.473. The van der Waals surface area contributed by atoms with Crippen molar-refractivity contribution < 1.29 is 23.7 Å². The Kier molecular flexibility index (Phi) is 4.57. The average Bonchev–Trinajstić information content (AvgIpc) is 3.13. The van der Waals surface area contributed by atoms with E-state index in [0.717, 1.165) is 0 Å². The van der Waals surface area contributed by atoms with Gasteiger partial charge in [-0.3, -0.25) is 4.79 Å². The molecule has 0 spiro atoms. The fourth-order valence-corrected chi connectivity index (χ4v) is 2.53. The molecule has 0 amide bonds. The van der Waals surface area contributed by atoms with Crippen molar-refractivity contribution in [1.29, 1.82) is 5.26 Å². The van der Waals surface area contributed by atoms with Crippen molar-refractivity contribution in [3.8, 4) is 29.1 Å². The van der Waals surface area contributed by atoms with Crippen LogP contribution in [0.5, 0.6) is 23.0 Å². The van der Waals surface area contributed by atoms with Gasteiger partial charge in [0.1, 0.15) is 17.4 Å². The van der Waals surface area contributed by atoms with Gasteiger partial charge in [-0.25, -0.2) is 0 Å². The monoisotopic (exact) mass is 337 g/mol. The summed E-state index contributed by atoms with van der Waals surface area (Å²) in [5.41, 5.74) is 0.900. The summed E-state index contributed by atoms with van der Waals surface area (Å²) in [6, 6.07) is 12.1. The second kappa shape index (κ2) is 6.97. The summed E-state index contributed by atoms with van der Waals surface area (Å²) in [4.78, 5) is 12.7. The van der Waals surface area contributed by atoms with E-state index in [9.17, 15) is 10.1 Å². The van der Waals surface area contributed by atoms with Crippen molar-refractivity contribution in [2.45, 2.75) is 0 Å². The summed E-state index contributed by atoms with van der Waals surface area (Å²) < 4.78 is 21.2. The minimum Gasteiger partial charge on any atom is -0.496 e. The van der Waals surface area contributed by atoms with Gasteiger partial charge in [-0.2, -0.15) is 5.26 Å². The Labute approximate surface area is 144 Å². The van der Waals surface area contributed by atoms with Crippen molar-refractivity contribution >= 4 is 11.9 Å². The number of hydrogen-bond acceptors (Lipinski definition) is 6. The van der Waals surface area contributed by atoms with Gasteiger partial charge >= 0.3 is 0 Å². The number of nitrogens with zero attached hydrogens (tertiary/aromatic N) is 1. The summed E-state index contributed by atoms with van der Waals surface area (Å²) in [7, 11) is 2.99. The number of carbonyl (C=O) groups is 1. The maximum atomic E-state index is 12.7. The molecule has 6 heteroatoms. The van der Waals surface area contributed by atoms with Crippen LogP contribution in [-0.2, 0) is 0 Å². The minimum atomic E-state index is -0.420. The normalized spacial score (nSPS) is 12.4. The second-order valence-electron chi connectivity index (χ2n) is 5.16. The van der Waals surface area contributed by atoms with Gasteiger partial charge in [-0.1, -0.05) is 12.1 Å². The number of methoxy groups -OCH3 is 2. The molecule has 0 radical (unpaired) electrons. The molecule has 0 aromatic heterocycles. The van der Waals surface area contributed by atoms with Crippen LogP contribution in [0.3, 0.4) is 0 Å². The van der Waals surface area contributed by atoms with E-state index < -0.39 is 5.78 Å². The third kappa shape index (κ3) is 3.12. The summed E-state index contributed by atoms with van der Waals surface area (Å²) >= 11 is 0. The number of allylic oxidation sites excluding steroid dienone is 1. The van der Waals surface area contributed by atoms with E-state index in [1.807, 2.05) is 6.07 Å². The third-order valence-electron chi connectivity index (χ3n) is 3.71. The molecule has 0 N–H and O–H groups in total. The number of para-hydroxylation sites is 1. The van der Waals surface area contributed by atoms with Gasteiger partial charge in [0.05, 0.1) is 19.8 Å². The standard InChI is InChI=1S/C19H15NO5/c1-22-15-6-4-3-5-14(15)18(21)13(10-20)7-12-8-16(23-2)19-17(9-12)24-11-25-19/h3-9H,11H2,1-2H3/b13-7+. The van der Waals surface area contributed by atoms with E-state index in [1.165, 1.54) is 20.3 Å². The van der Waals surface area contributed by atoms with Crippen LogP contribution in [0.2, 0.25) is 0 Å². The molecule has 0 unspecified atom stereocenters. The maximum absolute atomic E-state index is 12.7. The first kappa shape index (κ1) is 16.4. The van der Waals surface area contributed by atoms with Gasteiger partial charge in [-0.05, 0) is 35.9 Å². The lowest BCUT2D eigenvalue weighted by atomic mass is 10.0. The molecule has 1 aliphatic rings. The van der Waals surface area contributed by atoms with Gasteiger partial charge in [-0.15, -0.1) is 0 Å². The van der Waals surface area contributed by atoms with Crippen LogP contribution in [0.1, 0.15) is 15.9 Å². The lowest BCUT2D eigenvalue weighted by Crippen LogP contribution is -2.04. The van der Waals surface area contributed by atoms with Gasteiger partial charge in [0.15, 0.2) is 11.5 Å². The molecule has 0 fully saturated rings. The molecule has 0 atom stereocenters. The van der Waals surface area contributed by atoms with Gasteiger partial charge in [0.25, 0.3) is 0 Å². The smallest absolute Gasteiger partial charge is 0.231 e. The topological polar surface area (TPSA) is 77.8 Å². The number of benzene rings is 2. The summed E-state index contributed by atoms with van der Waals surface area (Å²) in [5, 5.41) is 9.44. The lowest BCUT2D eigenvalue weighted by molar-refractivity contribution is 0.103. The molecule has 0 saturated heterocycles. The van der Waals surface area contributed by atoms with Crippen molar-refractivity contribution in [1.82, 2.24) is 0 Å². The Balaban J connectivity index is 2.02. The Bertz CT molecular complexity index is 895. The summed E-state index contributed by atoms with van der Waals surface area (Å²) in [6.07, 6.45) is 1.49. The van der Waals surface area contributed by atoms with Crippen LogP contribution in [0, 0.1) is 11.3 Å². The highest BCUT2D eigenvalue weighted by Gasteiger charge is 2.21. The van der Waals surface area contributed by atoms with E-state index in [2.05, 4.69) is 0 Å². The molecule has 2 aromatic rings. The largest absolute Gasteiger partial charge is 0.496 e. The van der Waals surface area contributed by atoms with Crippen molar-refractivity contribution in [3.05, 3.63) is 53.1 Å². The highest BCUT2D eigenvalue weighted by atomic mass is 16.7. The van der Waals surface area contributed by atoms with Gasteiger partial charge in [0.2, 0.25) is 18.3 Å². The Hall–Kier alpha value is -3.46. The number of ketones is 1. The van der Waals surface area contributed by atoms with E-state index in [4.69, 9.17) is 18.9 Å². The first-order chi connectivity index (χ1) is 12.2. The third-order valence-corrected chi connectivity index (χ3v) is 3.71. The number of carbonyl (C=O) groups excluding carboxylic acids is 1. The first-order valence-corrected chi connectivity index (χ1v) is 7.45. The molecule has 3 rings (SSSR count). The van der Waals surface area contributed by atoms with Gasteiger partial charge in [0, 0.05) is 0 Å². The number of Topliss-reactive ketones (excluding diaryl/α,β-unsaturated/α-hetero) is 1. The molecule has 25 heavy (non-hydrogen) atoms. The van der Waals surface area contributed by atoms with E-state index in [1.54, 1.807) is 36.4 Å². The molecular weight excluding hydrogens is 322 g/mol. The Morgan fingerprint density at radius 1 is 1.16 bits per heavy atom. The highest BCUT2D eigenvalue weighted by molar-refractivity contribution is 6.15. The van der Waals surface area contributed by atoms with Crippen molar-refractivity contribution in [2.24, 2.45) is 0 Å². The summed E-state index contributed by atoms with van der Waals surface area (Å²) in [6.45, 7) is 0.101. The number of fused-ring (bicyclic) bond motifs is 1. The van der Waals surface area contributed by atoms with E-state index in [-0.39, 0.29) is 12.4 Å². The van der Waals surface area contributed by atoms with Crippen LogP contribution in [0.25, 0.3) is 6.08 Å². The molecule has 1 heterocycles. The zero-order chi connectivity index (χ0) is 17.8. The Morgan fingerprint density at radius 3 is 2.64 bits per heavy atom. The molecule has 2 aromatic carbocycles. The second-order valence-corrected chi connectivity index (χ2v) is 5.16. The van der Waals surface area contributed by atoms with Gasteiger partial charge < -0.3 is 18.9 Å². The zero-order valence-corrected chi connectivity index (χ0v) is 13.7. The fourth-order valence-electron chi connectivity index (χ4n) is 2.53. The van der Waals surface area contributed by atoms with E-state index in [0.29, 0.717) is 34.1 Å². The minimum absolute atomic E-state index is 0.0228. The molecule has 0 bridgehead atoms. The van der Waals surface area contributed by atoms with Crippen LogP contribution in [0.15, 0.2) is 42.0 Å². The van der Waals surface area contributed by atoms with Crippen molar-refractivity contribution in [3.63, 3.8) is 0 Å². The molecular formula is C19H15NO5. The summed E-state index contributed by atoms with van der Waals surface area (Å²) in [5.74, 6) is 1.48. The number of rotatable bonds is 5. The van der Waals surface area contributed by atoms with Crippen LogP contribution in [0.4, 0.5) is 0 Å². The average molecular weight is 337 g/mol. The van der Waals surface area contributed by atoms with Crippen molar-refractivity contribution in [2.75, 3.05) is 21.0 Å². The Morgan fingerprint density at radius 2 is 1.92 bits per heavy atom. The predicted octanol–water partition coefficient (Wildman–Crippen LogP) is 3.22. The van der Waals surface area contributed by atoms with E-state index >= 15 is 0 Å². The van der Waals surface area contributed by atoms with Crippen LogP contribution in [-0.4, -0.2) is 26.8 Å². The number of ether oxygens (including phenoxy) is 4. The fraction of sp³-hybridized carbons (Fsp3) is 0.158.